The highest BCUT2D eigenvalue weighted by atomic mass is 79.9. The van der Waals surface area contributed by atoms with Crippen molar-refractivity contribution in [1.29, 1.82) is 0 Å². The minimum Gasteiger partial charge on any atom is -0.377 e. The molecular weight excluding hydrogens is 440 g/mol. The number of carbonyl (C=O) groups excluding carboxylic acids is 1. The summed E-state index contributed by atoms with van der Waals surface area (Å²) in [6, 6.07) is 10.4. The van der Waals surface area contributed by atoms with Gasteiger partial charge >= 0.3 is 0 Å². The maximum absolute atomic E-state index is 12.9. The number of halogens is 1. The van der Waals surface area contributed by atoms with Crippen LogP contribution in [0.3, 0.4) is 0 Å². The molecule has 9 heteroatoms. The Morgan fingerprint density at radius 1 is 1.31 bits per heavy atom. The van der Waals surface area contributed by atoms with Crippen LogP contribution in [0.4, 0.5) is 5.69 Å². The number of ether oxygens (including phenoxy) is 1. The van der Waals surface area contributed by atoms with Crippen LogP contribution in [-0.4, -0.2) is 44.4 Å². The van der Waals surface area contributed by atoms with E-state index in [1.54, 1.807) is 29.6 Å². The molecule has 1 aromatic heterocycles. The summed E-state index contributed by atoms with van der Waals surface area (Å²) in [7, 11) is -3.74. The third-order valence-electron chi connectivity index (χ3n) is 3.97. The Kier molecular flexibility index (Phi) is 6.46. The summed E-state index contributed by atoms with van der Waals surface area (Å²) in [6.45, 7) is 0.548. The quantitative estimate of drug-likeness (QED) is 0.690. The Balaban J connectivity index is 1.74. The summed E-state index contributed by atoms with van der Waals surface area (Å²) >= 11 is 4.48. The molecule has 26 heavy (non-hydrogen) atoms. The Morgan fingerprint density at radius 2 is 2.08 bits per heavy atom. The molecule has 1 aromatic carbocycles. The minimum atomic E-state index is -3.74. The summed E-state index contributed by atoms with van der Waals surface area (Å²) in [4.78, 5) is 12.4. The van der Waals surface area contributed by atoms with Crippen LogP contribution < -0.4 is 5.32 Å². The number of carbonyl (C=O) groups is 1. The zero-order chi connectivity index (χ0) is 18.6. The summed E-state index contributed by atoms with van der Waals surface area (Å²) in [6.07, 6.45) is 1.53. The van der Waals surface area contributed by atoms with E-state index >= 15 is 0 Å². The van der Waals surface area contributed by atoms with Gasteiger partial charge in [-0.3, -0.25) is 4.79 Å². The molecule has 0 unspecified atom stereocenters. The van der Waals surface area contributed by atoms with Gasteiger partial charge < -0.3 is 10.1 Å². The highest BCUT2D eigenvalue weighted by Gasteiger charge is 2.31. The van der Waals surface area contributed by atoms with Gasteiger partial charge in [0.15, 0.2) is 0 Å². The highest BCUT2D eigenvalue weighted by Crippen LogP contribution is 2.23. The molecule has 1 atom stereocenters. The molecule has 1 amide bonds. The number of benzene rings is 1. The molecule has 1 fully saturated rings. The SMILES string of the molecule is O=C(CN(C[C@@H]1CCCO1)S(=O)(=O)c1cccs1)Nc1ccc(Br)cc1. The number of rotatable bonds is 7. The first-order valence-corrected chi connectivity index (χ1v) is 11.3. The van der Waals surface area contributed by atoms with Gasteiger partial charge in [0.2, 0.25) is 5.91 Å². The van der Waals surface area contributed by atoms with Crippen molar-refractivity contribution in [2.45, 2.75) is 23.2 Å². The van der Waals surface area contributed by atoms with E-state index < -0.39 is 10.0 Å². The molecule has 1 N–H and O–H groups in total. The van der Waals surface area contributed by atoms with Gasteiger partial charge in [-0.25, -0.2) is 8.42 Å². The van der Waals surface area contributed by atoms with Crippen molar-refractivity contribution in [1.82, 2.24) is 4.31 Å². The van der Waals surface area contributed by atoms with Crippen LogP contribution >= 0.6 is 27.3 Å². The topological polar surface area (TPSA) is 75.7 Å². The maximum Gasteiger partial charge on any atom is 0.253 e. The van der Waals surface area contributed by atoms with Gasteiger partial charge in [-0.15, -0.1) is 11.3 Å². The van der Waals surface area contributed by atoms with Crippen molar-refractivity contribution in [3.8, 4) is 0 Å². The lowest BCUT2D eigenvalue weighted by atomic mass is 10.2. The predicted octanol–water partition coefficient (Wildman–Crippen LogP) is 3.32. The van der Waals surface area contributed by atoms with Gasteiger partial charge in [0.1, 0.15) is 4.21 Å². The monoisotopic (exact) mass is 458 g/mol. The zero-order valence-electron chi connectivity index (χ0n) is 13.9. The van der Waals surface area contributed by atoms with E-state index in [1.807, 2.05) is 12.1 Å². The molecule has 1 aliphatic rings. The van der Waals surface area contributed by atoms with Crippen LogP contribution in [0.5, 0.6) is 0 Å². The third kappa shape index (κ3) is 4.92. The maximum atomic E-state index is 12.9. The molecule has 1 aliphatic heterocycles. The van der Waals surface area contributed by atoms with Gasteiger partial charge in [0, 0.05) is 23.3 Å². The largest absolute Gasteiger partial charge is 0.377 e. The third-order valence-corrected chi connectivity index (χ3v) is 7.68. The average molecular weight is 459 g/mol. The highest BCUT2D eigenvalue weighted by molar-refractivity contribution is 9.10. The van der Waals surface area contributed by atoms with Crippen molar-refractivity contribution in [2.24, 2.45) is 0 Å². The number of thiophene rings is 1. The lowest BCUT2D eigenvalue weighted by Crippen LogP contribution is -2.42. The van der Waals surface area contributed by atoms with Gasteiger partial charge in [0.05, 0.1) is 12.6 Å². The first-order valence-electron chi connectivity index (χ1n) is 8.16. The van der Waals surface area contributed by atoms with Crippen LogP contribution in [0.2, 0.25) is 0 Å². The summed E-state index contributed by atoms with van der Waals surface area (Å²) in [5, 5.41) is 4.45. The number of nitrogens with one attached hydrogen (secondary N) is 1. The molecule has 0 radical (unpaired) electrons. The fraction of sp³-hybridized carbons (Fsp3) is 0.353. The molecule has 0 bridgehead atoms. The molecule has 140 valence electrons. The first kappa shape index (κ1) is 19.5. The number of amides is 1. The number of sulfonamides is 1. The molecule has 3 rings (SSSR count). The van der Waals surface area contributed by atoms with E-state index in [9.17, 15) is 13.2 Å². The zero-order valence-corrected chi connectivity index (χ0v) is 17.1. The van der Waals surface area contributed by atoms with E-state index in [0.29, 0.717) is 12.3 Å². The smallest absolute Gasteiger partial charge is 0.253 e. The molecule has 0 saturated carbocycles. The van der Waals surface area contributed by atoms with Gasteiger partial charge in [0.25, 0.3) is 10.0 Å². The standard InChI is InChI=1S/C17H19BrN2O4S2/c18-13-5-7-14(8-6-13)19-16(21)12-20(11-15-3-1-9-24-15)26(22,23)17-4-2-10-25-17/h2,4-8,10,15H,1,3,9,11-12H2,(H,19,21)/t15-/m0/s1. The molecular formula is C17H19BrN2O4S2. The molecule has 2 aromatic rings. The normalized spacial score (nSPS) is 17.5. The number of hydrogen-bond acceptors (Lipinski definition) is 5. The Hall–Kier alpha value is -1.26. The second kappa shape index (κ2) is 8.62. The van der Waals surface area contributed by atoms with E-state index in [-0.39, 0.29) is 29.3 Å². The number of hydrogen-bond donors (Lipinski definition) is 1. The second-order valence-electron chi connectivity index (χ2n) is 5.92. The summed E-state index contributed by atoms with van der Waals surface area (Å²) < 4.78 is 33.7. The van der Waals surface area contributed by atoms with Crippen molar-refractivity contribution in [2.75, 3.05) is 25.0 Å². The van der Waals surface area contributed by atoms with E-state index in [2.05, 4.69) is 21.2 Å². The van der Waals surface area contributed by atoms with Gasteiger partial charge in [-0.1, -0.05) is 22.0 Å². The molecule has 2 heterocycles. The van der Waals surface area contributed by atoms with Crippen LogP contribution in [-0.2, 0) is 19.6 Å². The Bertz CT molecular complexity index is 832. The van der Waals surface area contributed by atoms with E-state index in [1.165, 1.54) is 4.31 Å². The van der Waals surface area contributed by atoms with E-state index in [0.717, 1.165) is 28.7 Å². The minimum absolute atomic E-state index is 0.175. The van der Waals surface area contributed by atoms with Gasteiger partial charge in [-0.2, -0.15) is 4.31 Å². The van der Waals surface area contributed by atoms with Crippen molar-refractivity contribution in [3.63, 3.8) is 0 Å². The summed E-state index contributed by atoms with van der Waals surface area (Å²) in [5.41, 5.74) is 0.615. The van der Waals surface area contributed by atoms with Crippen molar-refractivity contribution in [3.05, 3.63) is 46.3 Å². The van der Waals surface area contributed by atoms with Gasteiger partial charge in [-0.05, 0) is 48.6 Å². The predicted molar refractivity (Wildman–Crippen MR) is 105 cm³/mol. The fourth-order valence-electron chi connectivity index (χ4n) is 2.69. The van der Waals surface area contributed by atoms with Crippen molar-refractivity contribution < 1.29 is 17.9 Å². The average Bonchev–Trinajstić information content (AvgIpc) is 3.30. The number of nitrogens with zero attached hydrogens (tertiary/aromatic N) is 1. The van der Waals surface area contributed by atoms with Crippen LogP contribution in [0.25, 0.3) is 0 Å². The lowest BCUT2D eigenvalue weighted by Gasteiger charge is -2.23. The van der Waals surface area contributed by atoms with Crippen molar-refractivity contribution >= 4 is 48.9 Å². The molecule has 0 spiro atoms. The molecule has 1 saturated heterocycles. The lowest BCUT2D eigenvalue weighted by molar-refractivity contribution is -0.116. The molecule has 0 aliphatic carbocycles. The fourth-order valence-corrected chi connectivity index (χ4v) is 5.53. The van der Waals surface area contributed by atoms with Crippen LogP contribution in [0.1, 0.15) is 12.8 Å². The number of anilines is 1. The van der Waals surface area contributed by atoms with Crippen LogP contribution in [0, 0.1) is 0 Å². The molecule has 6 nitrogen and oxygen atoms in total. The van der Waals surface area contributed by atoms with E-state index in [4.69, 9.17) is 4.74 Å². The first-order chi connectivity index (χ1) is 12.4. The summed E-state index contributed by atoms with van der Waals surface area (Å²) in [5.74, 6) is -0.384. The second-order valence-corrected chi connectivity index (χ2v) is 9.95. The Morgan fingerprint density at radius 3 is 2.69 bits per heavy atom. The Labute approximate surface area is 165 Å². The van der Waals surface area contributed by atoms with Crippen LogP contribution in [0.15, 0.2) is 50.5 Å².